The van der Waals surface area contributed by atoms with Crippen molar-refractivity contribution in [2.45, 2.75) is 53.1 Å². The highest BCUT2D eigenvalue weighted by molar-refractivity contribution is 6.31. The summed E-state index contributed by atoms with van der Waals surface area (Å²) in [5.74, 6) is -0.561. The van der Waals surface area contributed by atoms with Crippen LogP contribution >= 0.6 is 11.6 Å². The second-order valence-corrected chi connectivity index (χ2v) is 9.19. The predicted octanol–water partition coefficient (Wildman–Crippen LogP) is 4.21. The lowest BCUT2D eigenvalue weighted by atomic mass is 9.86. The van der Waals surface area contributed by atoms with Crippen LogP contribution in [0.15, 0.2) is 17.9 Å². The highest BCUT2D eigenvalue weighted by atomic mass is 35.5. The van der Waals surface area contributed by atoms with Gasteiger partial charge in [0.2, 0.25) is 0 Å². The van der Waals surface area contributed by atoms with E-state index in [-0.39, 0.29) is 0 Å². The fourth-order valence-electron chi connectivity index (χ4n) is 3.86. The molecule has 0 unspecified atom stereocenters. The summed E-state index contributed by atoms with van der Waals surface area (Å²) in [7, 11) is 1.61. The van der Waals surface area contributed by atoms with Gasteiger partial charge in [0.15, 0.2) is 11.4 Å². The molecule has 29 heavy (non-hydrogen) atoms. The van der Waals surface area contributed by atoms with Gasteiger partial charge < -0.3 is 14.3 Å². The van der Waals surface area contributed by atoms with E-state index in [0.29, 0.717) is 47.8 Å². The number of esters is 2. The molecule has 0 bridgehead atoms. The van der Waals surface area contributed by atoms with Crippen molar-refractivity contribution in [1.29, 1.82) is 0 Å². The SMILES string of the molecule is CON1CCC2(CC1)OC(=O)C(c1c(C)cc(Cl)cc1C)=C2OC(=O)C(C)(C)C. The molecule has 2 heterocycles. The van der Waals surface area contributed by atoms with Crippen LogP contribution in [0.3, 0.4) is 0 Å². The summed E-state index contributed by atoms with van der Waals surface area (Å²) in [5.41, 5.74) is 1.00. The van der Waals surface area contributed by atoms with Crippen molar-refractivity contribution >= 4 is 29.1 Å². The Bertz CT molecular complexity index is 853. The molecule has 0 aromatic heterocycles. The van der Waals surface area contributed by atoms with Gasteiger partial charge in [-0.3, -0.25) is 4.79 Å². The first-order chi connectivity index (χ1) is 13.5. The van der Waals surface area contributed by atoms with E-state index in [0.717, 1.165) is 11.1 Å². The molecule has 1 aromatic rings. The monoisotopic (exact) mass is 421 g/mol. The molecule has 1 fully saturated rings. The van der Waals surface area contributed by atoms with Crippen molar-refractivity contribution in [3.8, 4) is 0 Å². The summed E-state index contributed by atoms with van der Waals surface area (Å²) in [5, 5.41) is 2.39. The van der Waals surface area contributed by atoms with Crippen LogP contribution in [-0.2, 0) is 23.9 Å². The first kappa shape index (κ1) is 21.8. The zero-order chi connectivity index (χ0) is 21.6. The molecule has 3 rings (SSSR count). The number of hydroxylamine groups is 2. The number of carbonyl (C=O) groups excluding carboxylic acids is 2. The summed E-state index contributed by atoms with van der Waals surface area (Å²) in [6.07, 6.45) is 0.961. The molecule has 2 aliphatic heterocycles. The Morgan fingerprint density at radius 1 is 1.17 bits per heavy atom. The lowest BCUT2D eigenvalue weighted by Gasteiger charge is -2.38. The number of hydrogen-bond acceptors (Lipinski definition) is 6. The van der Waals surface area contributed by atoms with Gasteiger partial charge in [-0.2, -0.15) is 5.06 Å². The molecule has 7 heteroatoms. The van der Waals surface area contributed by atoms with Crippen molar-refractivity contribution in [1.82, 2.24) is 5.06 Å². The highest BCUT2D eigenvalue weighted by Gasteiger charge is 2.53. The van der Waals surface area contributed by atoms with Crippen LogP contribution in [0.5, 0.6) is 0 Å². The minimum atomic E-state index is -0.971. The molecule has 6 nitrogen and oxygen atoms in total. The van der Waals surface area contributed by atoms with E-state index in [1.807, 2.05) is 13.8 Å². The van der Waals surface area contributed by atoms with Gasteiger partial charge >= 0.3 is 11.9 Å². The number of benzene rings is 1. The number of aryl methyl sites for hydroxylation is 2. The molecule has 0 saturated carbocycles. The first-order valence-corrected chi connectivity index (χ1v) is 10.1. The van der Waals surface area contributed by atoms with E-state index >= 15 is 0 Å². The molecule has 0 aliphatic carbocycles. The second kappa shape index (κ2) is 7.74. The van der Waals surface area contributed by atoms with Crippen LogP contribution in [-0.4, -0.2) is 42.8 Å². The van der Waals surface area contributed by atoms with Gasteiger partial charge in [0.05, 0.1) is 12.5 Å². The molecule has 0 radical (unpaired) electrons. The first-order valence-electron chi connectivity index (χ1n) is 9.75. The zero-order valence-electron chi connectivity index (χ0n) is 17.8. The van der Waals surface area contributed by atoms with E-state index in [1.165, 1.54) is 0 Å². The molecular formula is C22H28ClNO5. The van der Waals surface area contributed by atoms with E-state index in [9.17, 15) is 9.59 Å². The van der Waals surface area contributed by atoms with Crippen LogP contribution in [0.2, 0.25) is 5.02 Å². The lowest BCUT2D eigenvalue weighted by molar-refractivity contribution is -0.186. The Morgan fingerprint density at radius 3 is 2.21 bits per heavy atom. The van der Waals surface area contributed by atoms with Gasteiger partial charge in [0.25, 0.3) is 0 Å². The fourth-order valence-corrected chi connectivity index (χ4v) is 4.19. The lowest BCUT2D eigenvalue weighted by Crippen LogP contribution is -2.46. The summed E-state index contributed by atoms with van der Waals surface area (Å²) in [6.45, 7) is 10.2. The topological polar surface area (TPSA) is 65.1 Å². The average molecular weight is 422 g/mol. The summed E-state index contributed by atoms with van der Waals surface area (Å²) >= 11 is 6.18. The normalized spacial score (nSPS) is 19.6. The minimum Gasteiger partial charge on any atom is -0.447 e. The predicted molar refractivity (Wildman–Crippen MR) is 110 cm³/mol. The summed E-state index contributed by atoms with van der Waals surface area (Å²) in [4.78, 5) is 31.2. The maximum Gasteiger partial charge on any atom is 0.343 e. The van der Waals surface area contributed by atoms with Gasteiger partial charge in [-0.25, -0.2) is 4.79 Å². The molecule has 1 saturated heterocycles. The van der Waals surface area contributed by atoms with Crippen LogP contribution < -0.4 is 0 Å². The Labute approximate surface area is 176 Å². The largest absolute Gasteiger partial charge is 0.447 e. The molecular weight excluding hydrogens is 394 g/mol. The highest BCUT2D eigenvalue weighted by Crippen LogP contribution is 2.47. The standard InChI is InChI=1S/C22H28ClNO5/c1-13-11-15(23)12-14(2)16(13)17-18(28-20(26)21(3,4)5)22(29-19(17)25)7-9-24(27-6)10-8-22/h11-12H,7-10H2,1-6H3. The Kier molecular flexibility index (Phi) is 5.82. The third-order valence-electron chi connectivity index (χ3n) is 5.48. The van der Waals surface area contributed by atoms with Crippen LogP contribution in [0, 0.1) is 19.3 Å². The van der Waals surface area contributed by atoms with Gasteiger partial charge in [-0.05, 0) is 63.4 Å². The van der Waals surface area contributed by atoms with Gasteiger partial charge in [-0.1, -0.05) is 11.6 Å². The Balaban J connectivity index is 2.16. The molecule has 2 aliphatic rings. The molecule has 0 atom stereocenters. The summed E-state index contributed by atoms with van der Waals surface area (Å²) < 4.78 is 11.8. The number of rotatable bonds is 3. The molecule has 158 valence electrons. The number of halogens is 1. The van der Waals surface area contributed by atoms with Gasteiger partial charge in [-0.15, -0.1) is 0 Å². The van der Waals surface area contributed by atoms with E-state index in [2.05, 4.69) is 0 Å². The van der Waals surface area contributed by atoms with Crippen LogP contribution in [0.25, 0.3) is 5.57 Å². The Morgan fingerprint density at radius 2 is 1.72 bits per heavy atom. The minimum absolute atomic E-state index is 0.312. The van der Waals surface area contributed by atoms with Crippen molar-refractivity contribution in [2.75, 3.05) is 20.2 Å². The van der Waals surface area contributed by atoms with E-state index in [1.54, 1.807) is 45.1 Å². The number of ether oxygens (including phenoxy) is 2. The maximum atomic E-state index is 13.1. The number of hydrogen-bond donors (Lipinski definition) is 0. The average Bonchev–Trinajstić information content (AvgIpc) is 2.86. The maximum absolute atomic E-state index is 13.1. The van der Waals surface area contributed by atoms with Crippen molar-refractivity contribution in [3.63, 3.8) is 0 Å². The zero-order valence-corrected chi connectivity index (χ0v) is 18.6. The smallest absolute Gasteiger partial charge is 0.343 e. The van der Waals surface area contributed by atoms with Crippen molar-refractivity contribution < 1.29 is 23.9 Å². The number of carbonyl (C=O) groups is 2. The Hall–Kier alpha value is -1.89. The second-order valence-electron chi connectivity index (χ2n) is 8.75. The quantitative estimate of drug-likeness (QED) is 0.681. The molecule has 0 amide bonds. The molecule has 1 spiro atoms. The van der Waals surface area contributed by atoms with E-state index < -0.39 is 23.0 Å². The van der Waals surface area contributed by atoms with Gasteiger partial charge in [0, 0.05) is 31.0 Å². The van der Waals surface area contributed by atoms with Crippen LogP contribution in [0.4, 0.5) is 0 Å². The fraction of sp³-hybridized carbons (Fsp3) is 0.545. The number of nitrogens with zero attached hydrogens (tertiary/aromatic N) is 1. The van der Waals surface area contributed by atoms with Crippen LogP contribution in [0.1, 0.15) is 50.3 Å². The number of piperidine rings is 1. The third kappa shape index (κ3) is 4.06. The molecule has 1 aromatic carbocycles. The van der Waals surface area contributed by atoms with Gasteiger partial charge in [0.1, 0.15) is 5.57 Å². The van der Waals surface area contributed by atoms with E-state index in [4.69, 9.17) is 25.9 Å². The third-order valence-corrected chi connectivity index (χ3v) is 5.69. The van der Waals surface area contributed by atoms with Crippen molar-refractivity contribution in [2.24, 2.45) is 5.41 Å². The molecule has 0 N–H and O–H groups in total. The van der Waals surface area contributed by atoms with Crippen molar-refractivity contribution in [3.05, 3.63) is 39.6 Å². The summed E-state index contributed by atoms with van der Waals surface area (Å²) in [6, 6.07) is 3.60.